The van der Waals surface area contributed by atoms with Gasteiger partial charge in [0.15, 0.2) is 0 Å². The Kier molecular flexibility index (Phi) is 5.22. The maximum Gasteiger partial charge on any atom is 0.273 e. The molecule has 0 fully saturated rings. The van der Waals surface area contributed by atoms with Gasteiger partial charge in [0, 0.05) is 25.2 Å². The number of aryl methyl sites for hydroxylation is 2. The van der Waals surface area contributed by atoms with E-state index in [2.05, 4.69) is 20.7 Å². The van der Waals surface area contributed by atoms with Crippen LogP contribution in [0.4, 0.5) is 11.6 Å². The lowest BCUT2D eigenvalue weighted by molar-refractivity contribution is -0.122. The Morgan fingerprint density at radius 1 is 1.20 bits per heavy atom. The highest BCUT2D eigenvalue weighted by molar-refractivity contribution is 5.99. The van der Waals surface area contributed by atoms with Crippen molar-refractivity contribution in [1.82, 2.24) is 25.0 Å². The number of pyridine rings is 1. The Morgan fingerprint density at radius 3 is 2.67 bits per heavy atom. The van der Waals surface area contributed by atoms with Crippen molar-refractivity contribution in [2.75, 3.05) is 11.9 Å². The van der Waals surface area contributed by atoms with Gasteiger partial charge in [0.1, 0.15) is 23.9 Å². The van der Waals surface area contributed by atoms with Crippen molar-refractivity contribution in [1.29, 1.82) is 0 Å². The Labute approximate surface area is 174 Å². The molecule has 1 aliphatic heterocycles. The first-order valence-electron chi connectivity index (χ1n) is 9.82. The van der Waals surface area contributed by atoms with Gasteiger partial charge in [0.05, 0.1) is 11.7 Å². The molecule has 1 atom stereocenters. The van der Waals surface area contributed by atoms with E-state index in [-0.39, 0.29) is 24.4 Å². The number of fused-ring (bicyclic) bond motifs is 1. The van der Waals surface area contributed by atoms with Crippen LogP contribution in [0.2, 0.25) is 0 Å². The van der Waals surface area contributed by atoms with Gasteiger partial charge >= 0.3 is 0 Å². The van der Waals surface area contributed by atoms with E-state index < -0.39 is 0 Å². The molecular formula is C22H24N6O2. The molecule has 154 valence electrons. The zero-order chi connectivity index (χ0) is 21.3. The monoisotopic (exact) mass is 404 g/mol. The third-order valence-electron chi connectivity index (χ3n) is 5.10. The molecule has 0 radical (unpaired) electrons. The summed E-state index contributed by atoms with van der Waals surface area (Å²) in [5.74, 6) is 0.916. The number of carbonyl (C=O) groups is 2. The molecule has 3 heterocycles. The fraction of sp³-hybridized carbons (Fsp3) is 0.273. The van der Waals surface area contributed by atoms with Crippen LogP contribution in [0.25, 0.3) is 0 Å². The van der Waals surface area contributed by atoms with Gasteiger partial charge in [-0.1, -0.05) is 36.4 Å². The van der Waals surface area contributed by atoms with Gasteiger partial charge in [-0.25, -0.2) is 4.98 Å². The molecule has 3 aromatic rings. The van der Waals surface area contributed by atoms with Crippen LogP contribution in [-0.4, -0.2) is 38.0 Å². The molecule has 0 saturated carbocycles. The van der Waals surface area contributed by atoms with Gasteiger partial charge in [0.2, 0.25) is 5.91 Å². The summed E-state index contributed by atoms with van der Waals surface area (Å²) < 4.78 is 1.72. The summed E-state index contributed by atoms with van der Waals surface area (Å²) >= 11 is 0. The Balaban J connectivity index is 1.41. The summed E-state index contributed by atoms with van der Waals surface area (Å²) in [4.78, 5) is 31.3. The Morgan fingerprint density at radius 2 is 1.97 bits per heavy atom. The number of amides is 2. The summed E-state index contributed by atoms with van der Waals surface area (Å²) in [5, 5.41) is 10.4. The predicted octanol–water partition coefficient (Wildman–Crippen LogP) is 2.70. The lowest BCUT2D eigenvalue weighted by Gasteiger charge is -2.18. The Hall–Kier alpha value is -3.68. The fourth-order valence-electron chi connectivity index (χ4n) is 3.57. The topological polar surface area (TPSA) is 92.1 Å². The molecule has 0 saturated heterocycles. The largest absolute Gasteiger partial charge is 0.348 e. The average molecular weight is 404 g/mol. The highest BCUT2D eigenvalue weighted by Crippen LogP contribution is 2.24. The van der Waals surface area contributed by atoms with Crippen molar-refractivity contribution in [3.63, 3.8) is 0 Å². The van der Waals surface area contributed by atoms with Gasteiger partial charge in [0.25, 0.3) is 5.91 Å². The zero-order valence-electron chi connectivity index (χ0n) is 17.2. The summed E-state index contributed by atoms with van der Waals surface area (Å²) in [6.45, 7) is 4.20. The van der Waals surface area contributed by atoms with Gasteiger partial charge in [-0.2, -0.15) is 5.10 Å². The van der Waals surface area contributed by atoms with E-state index in [1.54, 1.807) is 4.68 Å². The first-order chi connectivity index (χ1) is 14.4. The van der Waals surface area contributed by atoms with Crippen LogP contribution in [0.5, 0.6) is 0 Å². The average Bonchev–Trinajstić information content (AvgIpc) is 3.20. The second-order valence-electron chi connectivity index (χ2n) is 7.48. The summed E-state index contributed by atoms with van der Waals surface area (Å²) in [7, 11) is 1.84. The Bertz CT molecular complexity index is 1090. The molecule has 0 unspecified atom stereocenters. The molecule has 1 aliphatic rings. The maximum atomic E-state index is 12.8. The van der Waals surface area contributed by atoms with Gasteiger partial charge < -0.3 is 15.5 Å². The lowest BCUT2D eigenvalue weighted by Crippen LogP contribution is -2.38. The molecule has 2 amide bonds. The van der Waals surface area contributed by atoms with Crippen molar-refractivity contribution in [3.05, 3.63) is 71.0 Å². The van der Waals surface area contributed by atoms with E-state index in [0.717, 1.165) is 22.6 Å². The third-order valence-corrected chi connectivity index (χ3v) is 5.10. The zero-order valence-corrected chi connectivity index (χ0v) is 17.2. The van der Waals surface area contributed by atoms with Crippen LogP contribution in [0, 0.1) is 6.92 Å². The molecule has 4 rings (SSSR count). The highest BCUT2D eigenvalue weighted by Gasteiger charge is 2.30. The third kappa shape index (κ3) is 4.03. The van der Waals surface area contributed by atoms with Crippen molar-refractivity contribution >= 4 is 23.5 Å². The van der Waals surface area contributed by atoms with E-state index in [4.69, 9.17) is 0 Å². The number of rotatable bonds is 6. The van der Waals surface area contributed by atoms with E-state index in [1.165, 1.54) is 4.90 Å². The number of anilines is 2. The quantitative estimate of drug-likeness (QED) is 0.659. The minimum atomic E-state index is -0.239. The van der Waals surface area contributed by atoms with Crippen molar-refractivity contribution in [2.24, 2.45) is 7.05 Å². The molecule has 8 heteroatoms. The summed E-state index contributed by atoms with van der Waals surface area (Å²) in [6.07, 6.45) is 0. The van der Waals surface area contributed by atoms with Gasteiger partial charge in [-0.15, -0.1) is 0 Å². The molecule has 30 heavy (non-hydrogen) atoms. The molecule has 0 spiro atoms. The van der Waals surface area contributed by atoms with E-state index in [1.807, 2.05) is 69.4 Å². The van der Waals surface area contributed by atoms with Crippen LogP contribution in [-0.2, 0) is 18.4 Å². The number of nitrogens with zero attached hydrogens (tertiary/aromatic N) is 4. The number of hydrogen-bond donors (Lipinski definition) is 2. The number of hydrogen-bond acceptors (Lipinski definition) is 5. The lowest BCUT2D eigenvalue weighted by atomic mass is 10.1. The molecule has 8 nitrogen and oxygen atoms in total. The molecule has 1 aromatic carbocycles. The number of carbonyl (C=O) groups excluding carboxylic acids is 2. The molecule has 0 aliphatic carbocycles. The highest BCUT2D eigenvalue weighted by atomic mass is 16.2. The van der Waals surface area contributed by atoms with Crippen molar-refractivity contribution in [2.45, 2.75) is 26.4 Å². The number of aromatic nitrogens is 3. The van der Waals surface area contributed by atoms with Crippen LogP contribution in [0.15, 0.2) is 48.5 Å². The predicted molar refractivity (Wildman–Crippen MR) is 113 cm³/mol. The van der Waals surface area contributed by atoms with Crippen molar-refractivity contribution < 1.29 is 9.59 Å². The first-order valence-corrected chi connectivity index (χ1v) is 9.82. The van der Waals surface area contributed by atoms with E-state index in [9.17, 15) is 9.59 Å². The summed E-state index contributed by atoms with van der Waals surface area (Å²) in [6, 6.07) is 15.2. The van der Waals surface area contributed by atoms with Crippen molar-refractivity contribution in [3.8, 4) is 0 Å². The molecule has 2 N–H and O–H groups in total. The van der Waals surface area contributed by atoms with Crippen LogP contribution in [0.3, 0.4) is 0 Å². The van der Waals surface area contributed by atoms with Crippen LogP contribution in [0.1, 0.15) is 40.3 Å². The molecule has 0 bridgehead atoms. The van der Waals surface area contributed by atoms with Crippen LogP contribution < -0.4 is 10.6 Å². The fourth-order valence-corrected chi connectivity index (χ4v) is 3.57. The smallest absolute Gasteiger partial charge is 0.273 e. The van der Waals surface area contributed by atoms with E-state index in [0.29, 0.717) is 18.1 Å². The first kappa shape index (κ1) is 19.6. The van der Waals surface area contributed by atoms with Crippen LogP contribution >= 0.6 is 0 Å². The number of benzene rings is 1. The SMILES string of the molecule is Cc1cc(Nc2ccc3c(n2)C(=O)N(CC(=O)N[C@H](C)c2ccccc2)C3)n(C)n1. The maximum absolute atomic E-state index is 12.8. The number of nitrogens with one attached hydrogen (secondary N) is 2. The second-order valence-corrected chi connectivity index (χ2v) is 7.48. The normalized spacial score (nSPS) is 13.8. The minimum absolute atomic E-state index is 0.00391. The van der Waals surface area contributed by atoms with E-state index >= 15 is 0 Å². The summed E-state index contributed by atoms with van der Waals surface area (Å²) in [5.41, 5.74) is 3.10. The van der Waals surface area contributed by atoms with Gasteiger partial charge in [-0.05, 0) is 25.5 Å². The second kappa shape index (κ2) is 7.98. The van der Waals surface area contributed by atoms with Gasteiger partial charge in [-0.3, -0.25) is 14.3 Å². The standard InChI is InChI=1S/C22H24N6O2/c1-14-11-19(27(3)26-14)24-18-10-9-17-12-28(22(30)21(17)25-18)13-20(29)23-15(2)16-7-5-4-6-8-16/h4-11,15H,12-13H2,1-3H3,(H,23,29)(H,24,25)/t15-/m1/s1. The molecular weight excluding hydrogens is 380 g/mol. The minimum Gasteiger partial charge on any atom is -0.348 e. The molecule has 2 aromatic heterocycles.